The minimum atomic E-state index is -9.83. The van der Waals surface area contributed by atoms with Gasteiger partial charge in [-0.05, 0) is 43.0 Å². The molecule has 0 spiro atoms. The summed E-state index contributed by atoms with van der Waals surface area (Å²) >= 11 is 0. The molecule has 0 aromatic heterocycles. The summed E-state index contributed by atoms with van der Waals surface area (Å²) in [5.41, 5.74) is 0.577. The van der Waals surface area contributed by atoms with Crippen molar-refractivity contribution >= 4 is 22.0 Å². The fourth-order valence-corrected chi connectivity index (χ4v) is 4.06. The molecular weight excluding hydrogens is 397 g/mol. The number of hydroxylamine groups is 1. The van der Waals surface area contributed by atoms with E-state index in [0.717, 1.165) is 12.8 Å². The molecule has 1 saturated heterocycles. The molecule has 1 aliphatic heterocycles. The van der Waals surface area contributed by atoms with E-state index in [1.807, 2.05) is 0 Å². The second-order valence-corrected chi connectivity index (χ2v) is 9.40. The molecule has 1 aromatic rings. The first-order valence-electron chi connectivity index (χ1n) is 8.06. The van der Waals surface area contributed by atoms with E-state index in [1.54, 1.807) is 0 Å². The fourth-order valence-electron chi connectivity index (χ4n) is 3.41. The Bertz CT molecular complexity index is 777. The maximum absolute atomic E-state index is 12.8. The Morgan fingerprint density at radius 1 is 1.11 bits per heavy atom. The SMILES string of the molecule is O=C(N[C@H](C(=O)NO)C1(C2CC2)CNC1)c1ccc(S(F)(F)(F)(F)F)cc1. The van der Waals surface area contributed by atoms with Crippen LogP contribution >= 0.6 is 10.2 Å². The minimum absolute atomic E-state index is 0.138. The van der Waals surface area contributed by atoms with Crippen LogP contribution in [-0.4, -0.2) is 36.2 Å². The van der Waals surface area contributed by atoms with Crippen molar-refractivity contribution in [2.45, 2.75) is 23.8 Å². The fraction of sp³-hybridized carbons (Fsp3) is 0.467. The second kappa shape index (κ2) is 5.55. The normalized spacial score (nSPS) is 22.6. The third kappa shape index (κ3) is 3.87. The van der Waals surface area contributed by atoms with Gasteiger partial charge >= 0.3 is 10.2 Å². The van der Waals surface area contributed by atoms with Crippen LogP contribution in [-0.2, 0) is 4.79 Å². The first-order chi connectivity index (χ1) is 12.3. The molecular formula is C15H18F5N3O3S. The molecule has 2 aliphatic rings. The largest absolute Gasteiger partial charge is 0.339 e. The van der Waals surface area contributed by atoms with Gasteiger partial charge < -0.3 is 10.6 Å². The summed E-state index contributed by atoms with van der Waals surface area (Å²) in [4.78, 5) is 22.3. The number of benzene rings is 1. The van der Waals surface area contributed by atoms with Crippen LogP contribution in [0.15, 0.2) is 29.2 Å². The highest BCUT2D eigenvalue weighted by Crippen LogP contribution is 3.02. The van der Waals surface area contributed by atoms with Gasteiger partial charge in [0.25, 0.3) is 11.8 Å². The van der Waals surface area contributed by atoms with Gasteiger partial charge in [0, 0.05) is 24.1 Å². The van der Waals surface area contributed by atoms with Crippen molar-refractivity contribution in [2.75, 3.05) is 13.1 Å². The summed E-state index contributed by atoms with van der Waals surface area (Å²) in [6.45, 7) is 0.859. The number of halogens is 5. The highest BCUT2D eigenvalue weighted by Gasteiger charge is 2.65. The number of nitrogens with one attached hydrogen (secondary N) is 3. The standard InChI is InChI=1S/C15H18F5N3O3S/c16-27(17,18,19,20)11-5-1-9(2-6-11)13(24)22-12(14(25)23-26)15(7-21-8-15)10-3-4-10/h1-2,5-6,10,12,21,26H,3-4,7-8H2,(H,22,24)(H,23,25)/t12-/m1/s1. The lowest BCUT2D eigenvalue weighted by atomic mass is 9.70. The molecule has 0 radical (unpaired) electrons. The molecule has 12 heteroatoms. The van der Waals surface area contributed by atoms with E-state index in [-0.39, 0.29) is 23.6 Å². The van der Waals surface area contributed by atoms with Gasteiger partial charge in [-0.3, -0.25) is 14.8 Å². The van der Waals surface area contributed by atoms with Crippen LogP contribution in [0.2, 0.25) is 0 Å². The predicted octanol–water partition coefficient (Wildman–Crippen LogP) is 2.95. The van der Waals surface area contributed by atoms with Gasteiger partial charge in [0.2, 0.25) is 0 Å². The first kappa shape index (κ1) is 19.8. The quantitative estimate of drug-likeness (QED) is 0.327. The summed E-state index contributed by atoms with van der Waals surface area (Å²) in [6.07, 6.45) is 1.71. The molecule has 4 N–H and O–H groups in total. The van der Waals surface area contributed by atoms with Crippen LogP contribution in [0.4, 0.5) is 19.4 Å². The van der Waals surface area contributed by atoms with Crippen molar-refractivity contribution in [3.63, 3.8) is 0 Å². The van der Waals surface area contributed by atoms with Crippen LogP contribution in [0.1, 0.15) is 23.2 Å². The van der Waals surface area contributed by atoms with Crippen molar-refractivity contribution in [2.24, 2.45) is 11.3 Å². The lowest BCUT2D eigenvalue weighted by Gasteiger charge is -2.47. The highest BCUT2D eigenvalue weighted by atomic mass is 32.5. The number of hydrogen-bond acceptors (Lipinski definition) is 4. The average Bonchev–Trinajstić information content (AvgIpc) is 3.35. The maximum atomic E-state index is 12.8. The molecule has 1 heterocycles. The molecule has 1 aromatic carbocycles. The highest BCUT2D eigenvalue weighted by molar-refractivity contribution is 8.45. The summed E-state index contributed by atoms with van der Waals surface area (Å²) in [5.74, 6) is -1.58. The van der Waals surface area contributed by atoms with E-state index in [0.29, 0.717) is 25.2 Å². The smallest absolute Gasteiger partial charge is 0.310 e. The number of rotatable bonds is 6. The van der Waals surface area contributed by atoms with Crippen LogP contribution < -0.4 is 16.1 Å². The van der Waals surface area contributed by atoms with Crippen LogP contribution in [0.3, 0.4) is 0 Å². The van der Waals surface area contributed by atoms with E-state index in [1.165, 1.54) is 5.48 Å². The molecule has 0 bridgehead atoms. The zero-order valence-electron chi connectivity index (χ0n) is 13.9. The molecule has 6 nitrogen and oxygen atoms in total. The minimum Gasteiger partial charge on any atom is -0.339 e. The van der Waals surface area contributed by atoms with E-state index < -0.39 is 38.4 Å². The van der Waals surface area contributed by atoms with Crippen LogP contribution in [0.5, 0.6) is 0 Å². The van der Waals surface area contributed by atoms with Crippen molar-refractivity contribution in [3.8, 4) is 0 Å². The Labute approximate surface area is 151 Å². The number of carbonyl (C=O) groups is 2. The molecule has 0 unspecified atom stereocenters. The summed E-state index contributed by atoms with van der Waals surface area (Å²) in [7, 11) is -9.83. The number of carbonyl (C=O) groups excluding carboxylic acids is 2. The van der Waals surface area contributed by atoms with Gasteiger partial charge in [0.15, 0.2) is 0 Å². The van der Waals surface area contributed by atoms with Gasteiger partial charge in [0.1, 0.15) is 10.9 Å². The molecule has 2 fully saturated rings. The average molecular weight is 415 g/mol. The Balaban J connectivity index is 1.82. The predicted molar refractivity (Wildman–Crippen MR) is 87.0 cm³/mol. The molecule has 3 rings (SSSR count). The molecule has 2 amide bonds. The molecule has 1 saturated carbocycles. The van der Waals surface area contributed by atoms with Gasteiger partial charge in [0.05, 0.1) is 0 Å². The second-order valence-electron chi connectivity index (χ2n) is 6.99. The Kier molecular flexibility index (Phi) is 4.08. The van der Waals surface area contributed by atoms with Crippen molar-refractivity contribution < 1.29 is 34.2 Å². The number of amides is 2. The first-order valence-corrected chi connectivity index (χ1v) is 10.0. The topological polar surface area (TPSA) is 90.5 Å². The van der Waals surface area contributed by atoms with Crippen molar-refractivity contribution in [3.05, 3.63) is 29.8 Å². The van der Waals surface area contributed by atoms with Gasteiger partial charge in [-0.1, -0.05) is 19.4 Å². The van der Waals surface area contributed by atoms with Crippen molar-refractivity contribution in [1.82, 2.24) is 16.1 Å². The maximum Gasteiger partial charge on any atom is 0.310 e. The molecule has 152 valence electrons. The van der Waals surface area contributed by atoms with Crippen LogP contribution in [0, 0.1) is 11.3 Å². The van der Waals surface area contributed by atoms with E-state index in [4.69, 9.17) is 5.21 Å². The Morgan fingerprint density at radius 3 is 2.04 bits per heavy atom. The van der Waals surface area contributed by atoms with Gasteiger partial charge in [-0.15, -0.1) is 0 Å². The summed E-state index contributed by atoms with van der Waals surface area (Å²) < 4.78 is 63.8. The Hall–Kier alpha value is -1.92. The molecule has 27 heavy (non-hydrogen) atoms. The lowest BCUT2D eigenvalue weighted by Crippen LogP contribution is -2.69. The van der Waals surface area contributed by atoms with E-state index in [2.05, 4.69) is 10.6 Å². The molecule has 1 atom stereocenters. The van der Waals surface area contributed by atoms with Gasteiger partial charge in [-0.25, -0.2) is 5.48 Å². The Morgan fingerprint density at radius 2 is 1.67 bits per heavy atom. The summed E-state index contributed by atoms with van der Waals surface area (Å²) in [5, 5.41) is 14.4. The zero-order valence-corrected chi connectivity index (χ0v) is 14.7. The van der Waals surface area contributed by atoms with Crippen molar-refractivity contribution in [1.29, 1.82) is 0 Å². The van der Waals surface area contributed by atoms with E-state index >= 15 is 0 Å². The zero-order chi connectivity index (χ0) is 20.2. The van der Waals surface area contributed by atoms with E-state index in [9.17, 15) is 29.0 Å². The van der Waals surface area contributed by atoms with Gasteiger partial charge in [-0.2, -0.15) is 0 Å². The summed E-state index contributed by atoms with van der Waals surface area (Å²) in [6, 6.07) is 0.413. The third-order valence-electron chi connectivity index (χ3n) is 5.08. The van der Waals surface area contributed by atoms with Crippen LogP contribution in [0.25, 0.3) is 0 Å². The third-order valence-corrected chi connectivity index (χ3v) is 6.25. The number of hydrogen-bond donors (Lipinski definition) is 4. The molecule has 1 aliphatic carbocycles. The monoisotopic (exact) mass is 415 g/mol. The lowest BCUT2D eigenvalue weighted by molar-refractivity contribution is -0.136.